The highest BCUT2D eigenvalue weighted by molar-refractivity contribution is 6.18. The predicted octanol–water partition coefficient (Wildman–Crippen LogP) is 26.9. The molecule has 0 N–H and O–H groups in total. The van der Waals surface area contributed by atoms with Crippen LogP contribution in [-0.4, -0.2) is 77.4 Å². The maximum Gasteiger partial charge on any atom is 0.165 e. The molecule has 0 radical (unpaired) electrons. The van der Waals surface area contributed by atoms with Crippen molar-refractivity contribution in [3.63, 3.8) is 0 Å². The third kappa shape index (κ3) is 10.5. The molecule has 16 nitrogen and oxygen atoms in total. The van der Waals surface area contributed by atoms with Gasteiger partial charge in [-0.15, -0.1) is 0 Å². The molecule has 16 heterocycles. The molecule has 8 aliphatic carbocycles. The smallest absolute Gasteiger partial charge is 0.165 e. The zero-order valence-corrected chi connectivity index (χ0v) is 75.1. The van der Waals surface area contributed by atoms with E-state index in [1.165, 1.54) is 183 Å². The number of benzene rings is 12. The standard InChI is InChI=1S/4C31H18N4/c1-2-5-21-17(4-1)10-18-13-25-19(12-24(18)21)11-20-14-28-27(15-26(20)25)34-31-23-6-3-8-33-30(23)22-7-9-32-16-29(22)35(28)31;1-2-5-21-17(4-1)10-18-13-25-19(12-24(18)21)11-20-14-28-27(15-26(20)25)34-31-30-23(6-3-8-33-30)22-7-9-32-16-29(22)35(28)31;1-2-4-21-17(3-1)9-18-12-25-19(11-24(18)21)10-20-13-29-28(14-26(20)25)34-31-23-6-8-32-15-27(23)22-5-7-33-16-30(22)35(29)31;1-2-4-21-17(3-1)9-18-12-25-19(11-24(18)21)10-20-13-29-28(14-26(20)25)34-31-27-15-32-7-5-22(27)23-6-8-33-16-30(23)35(29)31/h2*1-9,12-16H,10-11H2;2*1-8,11-16H,9-10H2. The lowest BCUT2D eigenvalue weighted by molar-refractivity contribution is 1.23. The molecule has 0 bridgehead atoms. The Kier molecular flexibility index (Phi) is 14.9. The minimum atomic E-state index is 0.893. The topological polar surface area (TPSA) is 172 Å². The molecular formula is C124H72N16. The van der Waals surface area contributed by atoms with Gasteiger partial charge in [-0.05, 0) is 386 Å². The van der Waals surface area contributed by atoms with E-state index in [4.69, 9.17) is 29.9 Å². The van der Waals surface area contributed by atoms with Crippen LogP contribution in [0.2, 0.25) is 0 Å². The van der Waals surface area contributed by atoms with Gasteiger partial charge < -0.3 is 0 Å². The first kappa shape index (κ1) is 75.1. The number of nitrogens with zero attached hydrogens (tertiary/aromatic N) is 16. The summed E-state index contributed by atoms with van der Waals surface area (Å²) in [7, 11) is 0. The molecule has 16 heteroatoms. The van der Waals surface area contributed by atoms with Crippen LogP contribution in [0.15, 0.2) is 342 Å². The van der Waals surface area contributed by atoms with E-state index in [0.717, 1.165) is 200 Å². The van der Waals surface area contributed by atoms with Gasteiger partial charge in [-0.25, -0.2) is 19.9 Å². The lowest BCUT2D eigenvalue weighted by Crippen LogP contribution is -1.93. The fourth-order valence-corrected chi connectivity index (χ4v) is 25.6. The summed E-state index contributed by atoms with van der Waals surface area (Å²) in [5.74, 6) is 0. The summed E-state index contributed by atoms with van der Waals surface area (Å²) in [4.78, 5) is 56.6. The van der Waals surface area contributed by atoms with Crippen molar-refractivity contribution in [3.05, 3.63) is 431 Å². The van der Waals surface area contributed by atoms with Gasteiger partial charge in [-0.2, -0.15) is 0 Å². The SMILES string of the molecule is c1ccc2c(c1)Cc1cc3c(cc1-2)Cc1cc2c(cc1-3)nc1c3cccnc3c3ccncc3n21.c1ccc2c(c1)Cc1cc3c(cc1-2)Cc1cc2c(cc1-3)nc1c3ccncc3c3ccncc3n21.c1ccc2c(c1)Cc1cc3c(cc1-2)Cc1cc2c(cc1-3)nc1c3cnccc3c3ccncc3n21.c1ccc2c(c1)Cc1cc3c(cc1-2)Cc1cc2c(cc1-3)nc1c3ncccc3c3ccncc3n21. The van der Waals surface area contributed by atoms with Crippen molar-refractivity contribution >= 4 is 154 Å². The molecule has 16 aromatic heterocycles. The second-order valence-corrected chi connectivity index (χ2v) is 39.0. The number of rotatable bonds is 0. The van der Waals surface area contributed by atoms with Crippen LogP contribution in [0.1, 0.15) is 89.0 Å². The molecule has 0 saturated carbocycles. The zero-order chi connectivity index (χ0) is 90.7. The normalized spacial score (nSPS) is 13.5. The predicted molar refractivity (Wildman–Crippen MR) is 559 cm³/mol. The second kappa shape index (κ2) is 27.7. The Labute approximate surface area is 796 Å². The van der Waals surface area contributed by atoms with Crippen molar-refractivity contribution in [2.75, 3.05) is 0 Å². The van der Waals surface area contributed by atoms with E-state index in [0.29, 0.717) is 0 Å². The Bertz CT molecular complexity index is 9460. The molecule has 0 unspecified atom stereocenters. The van der Waals surface area contributed by atoms with Gasteiger partial charge in [0.2, 0.25) is 0 Å². The summed E-state index contributed by atoms with van der Waals surface area (Å²) in [6.07, 6.45) is 34.3. The number of imidazole rings is 4. The largest absolute Gasteiger partial charge is 0.290 e. The first-order valence-electron chi connectivity index (χ1n) is 48.1. The highest BCUT2D eigenvalue weighted by atomic mass is 15.1. The Morgan fingerprint density at radius 3 is 0.821 bits per heavy atom. The molecule has 8 aliphatic rings. The molecule has 0 atom stereocenters. The van der Waals surface area contributed by atoms with E-state index in [-0.39, 0.29) is 0 Å². The summed E-state index contributed by atoms with van der Waals surface area (Å²) >= 11 is 0. The number of aromatic nitrogens is 16. The highest BCUT2D eigenvalue weighted by Crippen LogP contribution is 2.53. The van der Waals surface area contributed by atoms with Crippen LogP contribution in [0.4, 0.5) is 0 Å². The zero-order valence-electron chi connectivity index (χ0n) is 75.1. The van der Waals surface area contributed by atoms with Gasteiger partial charge in [-0.1, -0.05) is 103 Å². The minimum absolute atomic E-state index is 0.893. The average Bonchev–Trinajstić information content (AvgIpc) is 1.56. The molecular weight excluding hydrogens is 1710 g/mol. The van der Waals surface area contributed by atoms with Gasteiger partial charge in [0, 0.05) is 110 Å². The Balaban J connectivity index is 0.0000000829. The van der Waals surface area contributed by atoms with Crippen LogP contribution in [0.25, 0.3) is 243 Å². The summed E-state index contributed by atoms with van der Waals surface area (Å²) in [6.45, 7) is 0. The van der Waals surface area contributed by atoms with Crippen LogP contribution in [-0.2, 0) is 51.4 Å². The van der Waals surface area contributed by atoms with Crippen LogP contribution in [0.3, 0.4) is 0 Å². The maximum atomic E-state index is 5.16. The molecule has 0 saturated heterocycles. The molecule has 0 spiro atoms. The van der Waals surface area contributed by atoms with Crippen molar-refractivity contribution < 1.29 is 0 Å². The maximum absolute atomic E-state index is 5.16. The number of hydrogen-bond donors (Lipinski definition) is 0. The quantitative estimate of drug-likeness (QED) is 0.132. The lowest BCUT2D eigenvalue weighted by atomic mass is 9.98. The van der Waals surface area contributed by atoms with Gasteiger partial charge in [0.1, 0.15) is 22.5 Å². The van der Waals surface area contributed by atoms with Crippen LogP contribution in [0.5, 0.6) is 0 Å². The molecule has 0 aliphatic heterocycles. The van der Waals surface area contributed by atoms with E-state index in [1.54, 1.807) is 0 Å². The number of fused-ring (bicyclic) bond motifs is 56. The van der Waals surface area contributed by atoms with Gasteiger partial charge in [0.15, 0.2) is 5.65 Å². The van der Waals surface area contributed by atoms with Gasteiger partial charge in [0.05, 0.1) is 96.5 Å². The van der Waals surface area contributed by atoms with Crippen molar-refractivity contribution in [1.82, 2.24) is 77.4 Å². The molecule has 0 amide bonds. The summed E-state index contributed by atoms with van der Waals surface area (Å²) in [5.41, 5.74) is 63.0. The fourth-order valence-electron chi connectivity index (χ4n) is 25.6. The monoisotopic (exact) mass is 1780 g/mol. The molecule has 28 aromatic rings. The fraction of sp³-hybridized carbons (Fsp3) is 0.0645. The van der Waals surface area contributed by atoms with Crippen molar-refractivity contribution in [2.24, 2.45) is 0 Å². The Hall–Kier alpha value is -18.3. The summed E-state index contributed by atoms with van der Waals surface area (Å²) < 4.78 is 9.05. The molecule has 648 valence electrons. The lowest BCUT2D eigenvalue weighted by Gasteiger charge is -2.08. The van der Waals surface area contributed by atoms with Crippen LogP contribution < -0.4 is 0 Å². The van der Waals surface area contributed by atoms with E-state index in [9.17, 15) is 0 Å². The summed E-state index contributed by atoms with van der Waals surface area (Å²) in [6, 6.07) is 93.9. The summed E-state index contributed by atoms with van der Waals surface area (Å²) in [5, 5.41) is 11.2. The highest BCUT2D eigenvalue weighted by Gasteiger charge is 2.34. The molecule has 36 rings (SSSR count). The van der Waals surface area contributed by atoms with Crippen LogP contribution >= 0.6 is 0 Å². The number of hydrogen-bond acceptors (Lipinski definition) is 12. The van der Waals surface area contributed by atoms with Crippen molar-refractivity contribution in [1.29, 1.82) is 0 Å². The molecule has 140 heavy (non-hydrogen) atoms. The van der Waals surface area contributed by atoms with Crippen molar-refractivity contribution in [2.45, 2.75) is 51.4 Å². The van der Waals surface area contributed by atoms with E-state index in [1.807, 2.05) is 98.9 Å². The Morgan fingerprint density at radius 2 is 0.421 bits per heavy atom. The van der Waals surface area contributed by atoms with E-state index >= 15 is 0 Å². The number of pyridine rings is 12. The van der Waals surface area contributed by atoms with E-state index < -0.39 is 0 Å². The molecule has 12 aromatic carbocycles. The van der Waals surface area contributed by atoms with Gasteiger partial charge in [0.25, 0.3) is 0 Å². The second-order valence-electron chi connectivity index (χ2n) is 39.0. The average molecular weight is 1790 g/mol. The minimum Gasteiger partial charge on any atom is -0.290 e. The first-order chi connectivity index (χ1) is 69.3. The molecule has 0 fully saturated rings. The van der Waals surface area contributed by atoms with Gasteiger partial charge in [-0.3, -0.25) is 57.5 Å². The third-order valence-electron chi connectivity index (χ3n) is 31.8. The van der Waals surface area contributed by atoms with Crippen molar-refractivity contribution in [3.8, 4) is 89.0 Å². The van der Waals surface area contributed by atoms with E-state index in [2.05, 4.69) is 290 Å². The van der Waals surface area contributed by atoms with Gasteiger partial charge >= 0.3 is 0 Å². The first-order valence-corrected chi connectivity index (χ1v) is 48.1. The third-order valence-corrected chi connectivity index (χ3v) is 31.8. The Morgan fingerprint density at radius 1 is 0.157 bits per heavy atom. The van der Waals surface area contributed by atoms with Crippen LogP contribution in [0, 0.1) is 0 Å².